The summed E-state index contributed by atoms with van der Waals surface area (Å²) >= 11 is 1.38. The van der Waals surface area contributed by atoms with Gasteiger partial charge < -0.3 is 29.2 Å². The first-order chi connectivity index (χ1) is 19.9. The maximum Gasteiger partial charge on any atom is 0.361 e. The second-order valence-corrected chi connectivity index (χ2v) is 12.7. The van der Waals surface area contributed by atoms with Gasteiger partial charge in [-0.05, 0) is 31.2 Å². The molecule has 3 rings (SSSR count). The largest absolute Gasteiger partial charge is 0.497 e. The summed E-state index contributed by atoms with van der Waals surface area (Å²) in [6.07, 6.45) is 0.544. The topological polar surface area (TPSA) is 176 Å². The smallest absolute Gasteiger partial charge is 0.361 e. The van der Waals surface area contributed by atoms with Crippen LogP contribution in [0.5, 0.6) is 5.75 Å². The average Bonchev–Trinajstić information content (AvgIpc) is 3.34. The van der Waals surface area contributed by atoms with Crippen molar-refractivity contribution in [2.75, 3.05) is 32.8 Å². The SMILES string of the molecule is COc1ccc(Sc2nc(N)nc3c2ncn3CC(C)OCP(=O)(OCOC(=O)C(C)C)OCOC(=O)C(C)C)cc1. The zero-order chi connectivity index (χ0) is 30.9. The number of hydrogen-bond acceptors (Lipinski definition) is 14. The van der Waals surface area contributed by atoms with Gasteiger partial charge in [-0.3, -0.25) is 23.2 Å². The van der Waals surface area contributed by atoms with E-state index in [-0.39, 0.29) is 12.5 Å². The molecule has 42 heavy (non-hydrogen) atoms. The molecule has 0 fully saturated rings. The fourth-order valence-electron chi connectivity index (χ4n) is 3.22. The van der Waals surface area contributed by atoms with Gasteiger partial charge in [0.05, 0.1) is 37.9 Å². The molecule has 16 heteroatoms. The van der Waals surface area contributed by atoms with Gasteiger partial charge in [0, 0.05) is 4.90 Å². The van der Waals surface area contributed by atoms with E-state index in [1.807, 2.05) is 24.3 Å². The molecule has 1 atom stereocenters. The highest BCUT2D eigenvalue weighted by Crippen LogP contribution is 2.48. The highest BCUT2D eigenvalue weighted by Gasteiger charge is 2.29. The lowest BCUT2D eigenvalue weighted by Gasteiger charge is -2.21. The maximum absolute atomic E-state index is 13.3. The number of fused-ring (bicyclic) bond motifs is 1. The van der Waals surface area contributed by atoms with Crippen molar-refractivity contribution in [1.82, 2.24) is 19.5 Å². The summed E-state index contributed by atoms with van der Waals surface area (Å²) in [7, 11) is -2.40. The fraction of sp³-hybridized carbons (Fsp3) is 0.500. The monoisotopic (exact) mass is 625 g/mol. The van der Waals surface area contributed by atoms with Crippen molar-refractivity contribution in [2.24, 2.45) is 11.8 Å². The van der Waals surface area contributed by atoms with Crippen LogP contribution >= 0.6 is 19.4 Å². The van der Waals surface area contributed by atoms with E-state index in [2.05, 4.69) is 15.0 Å². The molecule has 0 radical (unpaired) electrons. The minimum Gasteiger partial charge on any atom is -0.497 e. The van der Waals surface area contributed by atoms with Crippen LogP contribution < -0.4 is 10.5 Å². The minimum absolute atomic E-state index is 0.0759. The Morgan fingerprint density at radius 2 is 1.57 bits per heavy atom. The third-order valence-corrected chi connectivity index (χ3v) is 7.99. The van der Waals surface area contributed by atoms with Gasteiger partial charge in [0.1, 0.15) is 22.6 Å². The average molecular weight is 626 g/mol. The van der Waals surface area contributed by atoms with Gasteiger partial charge in [-0.1, -0.05) is 39.5 Å². The Hall–Kier alpha value is -3.23. The Morgan fingerprint density at radius 3 is 2.12 bits per heavy atom. The predicted octanol–water partition coefficient (Wildman–Crippen LogP) is 4.47. The van der Waals surface area contributed by atoms with E-state index < -0.39 is 57.4 Å². The lowest BCUT2D eigenvalue weighted by molar-refractivity contribution is -0.156. The van der Waals surface area contributed by atoms with E-state index in [0.717, 1.165) is 10.6 Å². The van der Waals surface area contributed by atoms with Gasteiger partial charge in [-0.2, -0.15) is 4.98 Å². The van der Waals surface area contributed by atoms with Crippen molar-refractivity contribution in [3.05, 3.63) is 30.6 Å². The second kappa shape index (κ2) is 15.3. The number of ether oxygens (including phenoxy) is 4. The van der Waals surface area contributed by atoms with Gasteiger partial charge in [0.15, 0.2) is 5.65 Å². The number of rotatable bonds is 16. The first-order valence-electron chi connectivity index (χ1n) is 13.0. The fourth-order valence-corrected chi connectivity index (χ4v) is 5.18. The zero-order valence-electron chi connectivity index (χ0n) is 24.3. The minimum atomic E-state index is -4.00. The van der Waals surface area contributed by atoms with Crippen molar-refractivity contribution >= 4 is 48.4 Å². The van der Waals surface area contributed by atoms with Gasteiger partial charge in [0.2, 0.25) is 19.5 Å². The number of nitrogens with zero attached hydrogens (tertiary/aromatic N) is 4. The van der Waals surface area contributed by atoms with Crippen molar-refractivity contribution in [2.45, 2.75) is 57.2 Å². The molecule has 0 aliphatic heterocycles. The summed E-state index contributed by atoms with van der Waals surface area (Å²) < 4.78 is 46.5. The predicted molar refractivity (Wildman–Crippen MR) is 154 cm³/mol. The Morgan fingerprint density at radius 1 is 0.976 bits per heavy atom. The number of carbonyl (C=O) groups excluding carboxylic acids is 2. The van der Waals surface area contributed by atoms with E-state index in [4.69, 9.17) is 33.7 Å². The van der Waals surface area contributed by atoms with Gasteiger partial charge >= 0.3 is 19.5 Å². The van der Waals surface area contributed by atoms with Crippen molar-refractivity contribution < 1.29 is 42.1 Å². The van der Waals surface area contributed by atoms with Crippen LogP contribution in [0.2, 0.25) is 0 Å². The number of aromatic nitrogens is 4. The van der Waals surface area contributed by atoms with Crippen LogP contribution in [-0.4, -0.2) is 64.6 Å². The summed E-state index contributed by atoms with van der Waals surface area (Å²) in [6, 6.07) is 7.49. The Kier molecular flexibility index (Phi) is 12.1. The molecule has 1 aromatic carbocycles. The molecular weight excluding hydrogens is 589 g/mol. The molecule has 2 N–H and O–H groups in total. The van der Waals surface area contributed by atoms with Gasteiger partial charge in [0.25, 0.3) is 0 Å². The summed E-state index contributed by atoms with van der Waals surface area (Å²) in [5.74, 6) is -1.09. The summed E-state index contributed by atoms with van der Waals surface area (Å²) in [4.78, 5) is 37.6. The Labute approximate surface area is 248 Å². The third-order valence-electron chi connectivity index (χ3n) is 5.54. The molecule has 2 aromatic heterocycles. The lowest BCUT2D eigenvalue weighted by atomic mass is 10.2. The molecule has 1 unspecified atom stereocenters. The molecule has 0 aliphatic carbocycles. The van der Waals surface area contributed by atoms with Crippen molar-refractivity contribution in [1.29, 1.82) is 0 Å². The van der Waals surface area contributed by atoms with E-state index in [1.54, 1.807) is 52.6 Å². The lowest BCUT2D eigenvalue weighted by Crippen LogP contribution is -2.20. The van der Waals surface area contributed by atoms with E-state index in [0.29, 0.717) is 16.2 Å². The van der Waals surface area contributed by atoms with Gasteiger partial charge in [-0.25, -0.2) is 9.97 Å². The molecule has 0 saturated heterocycles. The van der Waals surface area contributed by atoms with E-state index in [1.165, 1.54) is 11.8 Å². The summed E-state index contributed by atoms with van der Waals surface area (Å²) in [5, 5.41) is 0.577. The van der Waals surface area contributed by atoms with Crippen LogP contribution in [-0.2, 0) is 44.0 Å². The van der Waals surface area contributed by atoms with Crippen molar-refractivity contribution in [3.63, 3.8) is 0 Å². The van der Waals surface area contributed by atoms with Crippen molar-refractivity contribution in [3.8, 4) is 5.75 Å². The number of anilines is 1. The standard InChI is InChI=1S/C26H36N5O9PS/c1-16(2)24(32)36-13-39-41(34,40-14-37-25(33)17(3)4)15-38-18(5)11-31-12-28-21-22(31)29-26(27)30-23(21)42-20-9-7-19(35-6)8-10-20/h7-10,12,16-18H,11,13-15H2,1-6H3,(H2,27,29,30). The van der Waals surface area contributed by atoms with Crippen LogP contribution in [0, 0.1) is 11.8 Å². The van der Waals surface area contributed by atoms with E-state index in [9.17, 15) is 14.2 Å². The van der Waals surface area contributed by atoms with Crippen LogP contribution in [0.15, 0.2) is 40.5 Å². The highest BCUT2D eigenvalue weighted by atomic mass is 32.2. The van der Waals surface area contributed by atoms with Crippen LogP contribution in [0.1, 0.15) is 34.6 Å². The molecule has 0 amide bonds. The zero-order valence-corrected chi connectivity index (χ0v) is 26.1. The molecule has 0 bridgehead atoms. The highest BCUT2D eigenvalue weighted by molar-refractivity contribution is 7.99. The molecular formula is C26H36N5O9PS. The van der Waals surface area contributed by atoms with E-state index >= 15 is 0 Å². The third kappa shape index (κ3) is 9.66. The number of nitrogen functional groups attached to an aromatic ring is 1. The Bertz CT molecular complexity index is 1370. The first-order valence-corrected chi connectivity index (χ1v) is 15.6. The molecule has 230 valence electrons. The number of benzene rings is 1. The maximum atomic E-state index is 13.3. The second-order valence-electron chi connectivity index (χ2n) is 9.68. The number of esters is 2. The molecule has 0 spiro atoms. The van der Waals surface area contributed by atoms with Crippen LogP contribution in [0.4, 0.5) is 5.95 Å². The molecule has 3 aromatic rings. The summed E-state index contributed by atoms with van der Waals surface area (Å²) in [5.41, 5.74) is 7.04. The number of imidazole rings is 1. The summed E-state index contributed by atoms with van der Waals surface area (Å²) in [6.45, 7) is 7.33. The normalized spacial score (nSPS) is 12.6. The number of carbonyl (C=O) groups is 2. The van der Waals surface area contributed by atoms with Crippen LogP contribution in [0.25, 0.3) is 11.2 Å². The van der Waals surface area contributed by atoms with Gasteiger partial charge in [-0.15, -0.1) is 0 Å². The number of methoxy groups -OCH3 is 1. The quantitative estimate of drug-likeness (QED) is 0.102. The number of hydrogen-bond donors (Lipinski definition) is 1. The Balaban J connectivity index is 1.67. The molecule has 2 heterocycles. The molecule has 0 aliphatic rings. The first kappa shape index (κ1) is 33.3. The molecule has 14 nitrogen and oxygen atoms in total. The molecule has 0 saturated carbocycles. The number of nitrogens with two attached hydrogens (primary N) is 1. The van der Waals surface area contributed by atoms with Crippen LogP contribution in [0.3, 0.4) is 0 Å².